The largest absolute Gasteiger partial charge is 0.354 e. The number of nitrogens with one attached hydrogen (secondary N) is 2. The zero-order valence-corrected chi connectivity index (χ0v) is 10.8. The molecule has 1 amide bonds. The maximum Gasteiger partial charge on any atom is 0.241 e. The first-order valence-electron chi connectivity index (χ1n) is 5.46. The molecule has 0 bridgehead atoms. The number of hydrogen-bond donors (Lipinski definition) is 2. The predicted molar refractivity (Wildman–Crippen MR) is 69.2 cm³/mol. The molecule has 17 heavy (non-hydrogen) atoms. The van der Waals surface area contributed by atoms with Gasteiger partial charge < -0.3 is 10.2 Å². The lowest BCUT2D eigenvalue weighted by Gasteiger charge is -2.09. The number of thiazole rings is 1. The molecule has 2 N–H and O–H groups in total. The van der Waals surface area contributed by atoms with Crippen LogP contribution >= 0.6 is 11.3 Å². The van der Waals surface area contributed by atoms with Crippen molar-refractivity contribution < 1.29 is 4.79 Å². The van der Waals surface area contributed by atoms with Crippen molar-refractivity contribution in [1.82, 2.24) is 15.6 Å². The zero-order chi connectivity index (χ0) is 12.3. The van der Waals surface area contributed by atoms with Crippen LogP contribution in [0.15, 0.2) is 17.5 Å². The Morgan fingerprint density at radius 3 is 3.12 bits per heavy atom. The number of rotatable bonds is 4. The summed E-state index contributed by atoms with van der Waals surface area (Å²) >= 11 is 1.58. The van der Waals surface area contributed by atoms with Crippen molar-refractivity contribution in [1.29, 1.82) is 0 Å². The van der Waals surface area contributed by atoms with Crippen molar-refractivity contribution in [2.45, 2.75) is 12.6 Å². The van der Waals surface area contributed by atoms with Crippen LogP contribution in [0.2, 0.25) is 0 Å². The molecule has 2 heterocycles. The van der Waals surface area contributed by atoms with E-state index in [4.69, 9.17) is 0 Å². The summed E-state index contributed by atoms with van der Waals surface area (Å²) in [6, 6.07) is -0.193. The molecule has 5 nitrogen and oxygen atoms in total. The minimum absolute atomic E-state index is 0.00171. The summed E-state index contributed by atoms with van der Waals surface area (Å²) < 4.78 is 0. The van der Waals surface area contributed by atoms with Crippen LogP contribution in [0.1, 0.15) is 5.69 Å². The van der Waals surface area contributed by atoms with Gasteiger partial charge in [-0.2, -0.15) is 0 Å². The summed E-state index contributed by atoms with van der Waals surface area (Å²) in [5.74, 6) is -0.00171. The molecule has 92 valence electrons. The SMILES string of the molecule is CN(C)c1nc(CNC(=O)[C@@H]2C=CCN2)cs1. The van der Waals surface area contributed by atoms with Gasteiger partial charge in [-0.05, 0) is 0 Å². The number of carbonyl (C=O) groups is 1. The predicted octanol–water partition coefficient (Wildman–Crippen LogP) is 0.353. The van der Waals surface area contributed by atoms with Crippen molar-refractivity contribution in [2.24, 2.45) is 0 Å². The first-order valence-corrected chi connectivity index (χ1v) is 6.34. The zero-order valence-electron chi connectivity index (χ0n) is 9.93. The average Bonchev–Trinajstić information content (AvgIpc) is 2.97. The van der Waals surface area contributed by atoms with Crippen LogP contribution in [0.3, 0.4) is 0 Å². The van der Waals surface area contributed by atoms with Gasteiger partial charge >= 0.3 is 0 Å². The standard InChI is InChI=1S/C11H16N4OS/c1-15(2)11-14-8(7-17-11)6-13-10(16)9-4-3-5-12-9/h3-4,7,9,12H,5-6H2,1-2H3,(H,13,16)/t9-/m0/s1. The number of hydrogen-bond acceptors (Lipinski definition) is 5. The van der Waals surface area contributed by atoms with Crippen LogP contribution < -0.4 is 15.5 Å². The summed E-state index contributed by atoms with van der Waals surface area (Å²) in [5.41, 5.74) is 0.897. The Bertz CT molecular complexity index is 427. The van der Waals surface area contributed by atoms with E-state index in [0.29, 0.717) is 6.54 Å². The van der Waals surface area contributed by atoms with E-state index in [9.17, 15) is 4.79 Å². The molecule has 1 aromatic heterocycles. The first-order chi connectivity index (χ1) is 8.16. The van der Waals surface area contributed by atoms with Gasteiger partial charge in [-0.25, -0.2) is 4.98 Å². The molecule has 0 radical (unpaired) electrons. The van der Waals surface area contributed by atoms with Gasteiger partial charge in [-0.15, -0.1) is 11.3 Å². The van der Waals surface area contributed by atoms with E-state index in [1.807, 2.05) is 36.5 Å². The van der Waals surface area contributed by atoms with Crippen LogP contribution in [0.5, 0.6) is 0 Å². The summed E-state index contributed by atoms with van der Waals surface area (Å²) in [6.07, 6.45) is 3.83. The Morgan fingerprint density at radius 1 is 1.71 bits per heavy atom. The van der Waals surface area contributed by atoms with E-state index in [1.54, 1.807) is 11.3 Å². The second kappa shape index (κ2) is 5.29. The van der Waals surface area contributed by atoms with Crippen LogP contribution in [0.25, 0.3) is 0 Å². The van der Waals surface area contributed by atoms with Gasteiger partial charge in [-0.1, -0.05) is 12.2 Å². The van der Waals surface area contributed by atoms with Crippen LogP contribution in [0.4, 0.5) is 5.13 Å². The third kappa shape index (κ3) is 3.04. The minimum Gasteiger partial charge on any atom is -0.354 e. The fourth-order valence-corrected chi connectivity index (χ4v) is 2.28. The van der Waals surface area contributed by atoms with E-state index in [-0.39, 0.29) is 11.9 Å². The quantitative estimate of drug-likeness (QED) is 0.759. The highest BCUT2D eigenvalue weighted by atomic mass is 32.1. The van der Waals surface area contributed by atoms with Gasteiger partial charge in [0.2, 0.25) is 5.91 Å². The van der Waals surface area contributed by atoms with E-state index in [2.05, 4.69) is 15.6 Å². The number of anilines is 1. The summed E-state index contributed by atoms with van der Waals surface area (Å²) in [4.78, 5) is 18.1. The molecule has 6 heteroatoms. The third-order valence-electron chi connectivity index (χ3n) is 2.43. The Hall–Kier alpha value is -1.40. The molecule has 0 spiro atoms. The molecule has 1 aliphatic heterocycles. The third-order valence-corrected chi connectivity index (χ3v) is 3.49. The summed E-state index contributed by atoms with van der Waals surface area (Å²) in [7, 11) is 3.91. The Labute approximate surface area is 105 Å². The second-order valence-corrected chi connectivity index (χ2v) is 4.88. The lowest BCUT2D eigenvalue weighted by Crippen LogP contribution is -2.40. The van der Waals surface area contributed by atoms with Gasteiger partial charge in [0.05, 0.1) is 12.2 Å². The fraction of sp³-hybridized carbons (Fsp3) is 0.455. The fourth-order valence-electron chi connectivity index (χ4n) is 1.52. The second-order valence-electron chi connectivity index (χ2n) is 4.05. The molecular formula is C11H16N4OS. The highest BCUT2D eigenvalue weighted by Crippen LogP contribution is 2.17. The van der Waals surface area contributed by atoms with Crippen LogP contribution in [0, 0.1) is 0 Å². The van der Waals surface area contributed by atoms with E-state index in [1.165, 1.54) is 0 Å². The highest BCUT2D eigenvalue weighted by molar-refractivity contribution is 7.13. The lowest BCUT2D eigenvalue weighted by atomic mass is 10.3. The number of amides is 1. The maximum atomic E-state index is 11.7. The van der Waals surface area contributed by atoms with E-state index in [0.717, 1.165) is 17.4 Å². The Balaban J connectivity index is 1.84. The normalized spacial score (nSPS) is 18.4. The molecular weight excluding hydrogens is 236 g/mol. The van der Waals surface area contributed by atoms with Crippen molar-refractivity contribution in [3.8, 4) is 0 Å². The van der Waals surface area contributed by atoms with Crippen molar-refractivity contribution in [3.63, 3.8) is 0 Å². The summed E-state index contributed by atoms with van der Waals surface area (Å²) in [6.45, 7) is 1.24. The lowest BCUT2D eigenvalue weighted by molar-refractivity contribution is -0.122. The molecule has 0 saturated heterocycles. The van der Waals surface area contributed by atoms with Crippen molar-refractivity contribution in [2.75, 3.05) is 25.5 Å². The monoisotopic (exact) mass is 252 g/mol. The topological polar surface area (TPSA) is 57.3 Å². The van der Waals surface area contributed by atoms with Crippen molar-refractivity contribution >= 4 is 22.4 Å². The van der Waals surface area contributed by atoms with Gasteiger partial charge in [0.1, 0.15) is 6.04 Å². The molecule has 2 rings (SSSR count). The average molecular weight is 252 g/mol. The van der Waals surface area contributed by atoms with Crippen LogP contribution in [-0.4, -0.2) is 37.6 Å². The number of nitrogens with zero attached hydrogens (tertiary/aromatic N) is 2. The van der Waals surface area contributed by atoms with Gasteiger partial charge in [0, 0.05) is 26.0 Å². The number of carbonyl (C=O) groups excluding carboxylic acids is 1. The molecule has 0 fully saturated rings. The molecule has 0 unspecified atom stereocenters. The molecule has 0 saturated carbocycles. The van der Waals surface area contributed by atoms with Gasteiger partial charge in [0.15, 0.2) is 5.13 Å². The minimum atomic E-state index is -0.193. The van der Waals surface area contributed by atoms with E-state index < -0.39 is 0 Å². The maximum absolute atomic E-state index is 11.7. The Morgan fingerprint density at radius 2 is 2.53 bits per heavy atom. The smallest absolute Gasteiger partial charge is 0.241 e. The van der Waals surface area contributed by atoms with Crippen molar-refractivity contribution in [3.05, 3.63) is 23.2 Å². The summed E-state index contributed by atoms with van der Waals surface area (Å²) in [5, 5.41) is 8.85. The molecule has 0 aliphatic carbocycles. The van der Waals surface area contributed by atoms with Gasteiger partial charge in [0.25, 0.3) is 0 Å². The molecule has 1 atom stereocenters. The van der Waals surface area contributed by atoms with Crippen LogP contribution in [-0.2, 0) is 11.3 Å². The highest BCUT2D eigenvalue weighted by Gasteiger charge is 2.17. The van der Waals surface area contributed by atoms with E-state index >= 15 is 0 Å². The molecule has 1 aromatic rings. The molecule has 0 aromatic carbocycles. The first kappa shape index (κ1) is 12.1. The molecule has 1 aliphatic rings. The van der Waals surface area contributed by atoms with Gasteiger partial charge in [-0.3, -0.25) is 10.1 Å². The Kier molecular flexibility index (Phi) is 3.75. The number of aromatic nitrogens is 1.